The zero-order valence-corrected chi connectivity index (χ0v) is 14.0. The third-order valence-electron chi connectivity index (χ3n) is 2.44. The first kappa shape index (κ1) is 14.6. The second kappa shape index (κ2) is 5.60. The molecule has 0 bridgehead atoms. The Kier molecular flexibility index (Phi) is 5.83. The molecule has 0 amide bonds. The standard InChI is InChI=1S/C9H26O2Si3/c1-10-13(4,5)8-9-14(6,7)11-12(2)3/h12H,8-9H2,1-7H3. The summed E-state index contributed by atoms with van der Waals surface area (Å²) in [6.45, 7) is 13.7. The van der Waals surface area contributed by atoms with E-state index in [9.17, 15) is 0 Å². The molecular weight excluding hydrogens is 224 g/mol. The van der Waals surface area contributed by atoms with Crippen molar-refractivity contribution in [1.82, 2.24) is 0 Å². The fraction of sp³-hybridized carbons (Fsp3) is 1.00. The molecule has 2 nitrogen and oxygen atoms in total. The Morgan fingerprint density at radius 3 is 1.71 bits per heavy atom. The third-order valence-corrected chi connectivity index (χ3v) is 11.4. The fourth-order valence-corrected chi connectivity index (χ4v) is 12.0. The molecule has 0 saturated heterocycles. The van der Waals surface area contributed by atoms with Crippen molar-refractivity contribution in [2.24, 2.45) is 0 Å². The van der Waals surface area contributed by atoms with E-state index in [0.717, 1.165) is 0 Å². The molecule has 0 saturated carbocycles. The van der Waals surface area contributed by atoms with Crippen molar-refractivity contribution in [1.29, 1.82) is 0 Å². The topological polar surface area (TPSA) is 18.5 Å². The SMILES string of the molecule is CO[Si](C)(C)CC[Si](C)(C)O[SiH](C)C. The summed E-state index contributed by atoms with van der Waals surface area (Å²) >= 11 is 0. The Morgan fingerprint density at radius 1 is 0.929 bits per heavy atom. The van der Waals surface area contributed by atoms with E-state index >= 15 is 0 Å². The maximum absolute atomic E-state index is 6.12. The lowest BCUT2D eigenvalue weighted by Gasteiger charge is -2.29. The lowest BCUT2D eigenvalue weighted by atomic mass is 10.9. The Labute approximate surface area is 93.0 Å². The molecule has 0 aromatic heterocycles. The van der Waals surface area contributed by atoms with Crippen molar-refractivity contribution in [3.05, 3.63) is 0 Å². The Hall–Kier alpha value is 0.571. The molecular formula is C9H26O2Si3. The van der Waals surface area contributed by atoms with E-state index in [0.29, 0.717) is 0 Å². The van der Waals surface area contributed by atoms with Crippen LogP contribution in [0.2, 0.25) is 51.4 Å². The van der Waals surface area contributed by atoms with Gasteiger partial charge in [-0.25, -0.2) is 0 Å². The first-order valence-electron chi connectivity index (χ1n) is 5.41. The van der Waals surface area contributed by atoms with Crippen LogP contribution in [0.5, 0.6) is 0 Å². The van der Waals surface area contributed by atoms with Gasteiger partial charge in [-0.2, -0.15) is 0 Å². The molecule has 0 rings (SSSR count). The summed E-state index contributed by atoms with van der Waals surface area (Å²) in [7, 11) is -1.75. The van der Waals surface area contributed by atoms with Crippen LogP contribution in [0.15, 0.2) is 0 Å². The van der Waals surface area contributed by atoms with Crippen molar-refractivity contribution in [3.63, 3.8) is 0 Å². The molecule has 5 heteroatoms. The van der Waals surface area contributed by atoms with Crippen LogP contribution in [0.25, 0.3) is 0 Å². The Balaban J connectivity index is 3.98. The largest absolute Gasteiger partial charge is 0.458 e. The first-order valence-corrected chi connectivity index (χ1v) is 14.4. The van der Waals surface area contributed by atoms with Gasteiger partial charge in [-0.15, -0.1) is 0 Å². The van der Waals surface area contributed by atoms with Gasteiger partial charge in [0.1, 0.15) is 0 Å². The van der Waals surface area contributed by atoms with Gasteiger partial charge in [0.2, 0.25) is 0 Å². The summed E-state index contributed by atoms with van der Waals surface area (Å²) in [6, 6.07) is 2.50. The smallest absolute Gasteiger partial charge is 0.186 e. The molecule has 0 aliphatic rings. The van der Waals surface area contributed by atoms with Crippen LogP contribution in [0.1, 0.15) is 0 Å². The summed E-state index contributed by atoms with van der Waals surface area (Å²) in [4.78, 5) is 0. The lowest BCUT2D eigenvalue weighted by Crippen LogP contribution is -2.38. The van der Waals surface area contributed by atoms with Crippen molar-refractivity contribution in [2.45, 2.75) is 51.4 Å². The minimum Gasteiger partial charge on any atom is -0.458 e. The number of rotatable bonds is 6. The normalized spacial score (nSPS) is 13.7. The zero-order chi connectivity index (χ0) is 11.4. The summed E-state index contributed by atoms with van der Waals surface area (Å²) in [6.07, 6.45) is 0. The highest BCUT2D eigenvalue weighted by Gasteiger charge is 2.29. The van der Waals surface area contributed by atoms with Crippen LogP contribution >= 0.6 is 0 Å². The molecule has 0 unspecified atom stereocenters. The first-order chi connectivity index (χ1) is 6.18. The van der Waals surface area contributed by atoms with Gasteiger partial charge in [0.25, 0.3) is 0 Å². The molecule has 0 spiro atoms. The van der Waals surface area contributed by atoms with Crippen molar-refractivity contribution in [2.75, 3.05) is 7.11 Å². The van der Waals surface area contributed by atoms with Crippen molar-refractivity contribution >= 4 is 25.7 Å². The van der Waals surface area contributed by atoms with E-state index in [2.05, 4.69) is 39.3 Å². The zero-order valence-electron chi connectivity index (χ0n) is 10.8. The molecule has 0 aromatic rings. The highest BCUT2D eigenvalue weighted by atomic mass is 28.4. The predicted octanol–water partition coefficient (Wildman–Crippen LogP) is 3.04. The van der Waals surface area contributed by atoms with Gasteiger partial charge < -0.3 is 8.54 Å². The molecule has 14 heavy (non-hydrogen) atoms. The molecule has 0 N–H and O–H groups in total. The molecule has 0 atom stereocenters. The van der Waals surface area contributed by atoms with E-state index in [1.807, 2.05) is 7.11 Å². The van der Waals surface area contributed by atoms with Crippen LogP contribution in [0.3, 0.4) is 0 Å². The number of hydrogen-bond acceptors (Lipinski definition) is 2. The molecule has 0 fully saturated rings. The van der Waals surface area contributed by atoms with E-state index in [1.165, 1.54) is 12.1 Å². The minimum absolute atomic E-state index is 0.854. The fourth-order valence-electron chi connectivity index (χ4n) is 1.40. The van der Waals surface area contributed by atoms with Gasteiger partial charge in [0.15, 0.2) is 25.7 Å². The van der Waals surface area contributed by atoms with Crippen LogP contribution in [0.4, 0.5) is 0 Å². The second-order valence-electron chi connectivity index (χ2n) is 5.39. The highest BCUT2D eigenvalue weighted by Crippen LogP contribution is 2.21. The average Bonchev–Trinajstić information content (AvgIpc) is 1.99. The van der Waals surface area contributed by atoms with Crippen molar-refractivity contribution in [3.8, 4) is 0 Å². The summed E-state index contributed by atoms with van der Waals surface area (Å²) < 4.78 is 11.7. The van der Waals surface area contributed by atoms with E-state index < -0.39 is 25.7 Å². The van der Waals surface area contributed by atoms with Crippen LogP contribution in [-0.2, 0) is 8.54 Å². The third kappa shape index (κ3) is 6.94. The molecule has 86 valence electrons. The average molecular weight is 251 g/mol. The molecule has 0 aliphatic heterocycles. The Morgan fingerprint density at radius 2 is 1.36 bits per heavy atom. The second-order valence-corrected chi connectivity index (χ2v) is 16.9. The molecule has 0 heterocycles. The van der Waals surface area contributed by atoms with Gasteiger partial charge in [-0.3, -0.25) is 0 Å². The van der Waals surface area contributed by atoms with E-state index in [-0.39, 0.29) is 0 Å². The molecule has 0 radical (unpaired) electrons. The lowest BCUT2D eigenvalue weighted by molar-refractivity contribution is 0.404. The summed E-state index contributed by atoms with van der Waals surface area (Å²) in [5.74, 6) is 0. The van der Waals surface area contributed by atoms with Crippen LogP contribution < -0.4 is 0 Å². The van der Waals surface area contributed by atoms with Gasteiger partial charge in [0, 0.05) is 7.11 Å². The van der Waals surface area contributed by atoms with Gasteiger partial charge in [-0.05, 0) is 51.4 Å². The van der Waals surface area contributed by atoms with E-state index in [1.54, 1.807) is 0 Å². The van der Waals surface area contributed by atoms with Crippen molar-refractivity contribution < 1.29 is 8.54 Å². The quantitative estimate of drug-likeness (QED) is 0.675. The number of hydrogen-bond donors (Lipinski definition) is 0. The highest BCUT2D eigenvalue weighted by molar-refractivity contribution is 6.80. The van der Waals surface area contributed by atoms with E-state index in [4.69, 9.17) is 8.54 Å². The molecule has 0 aliphatic carbocycles. The van der Waals surface area contributed by atoms with Gasteiger partial charge in [0.05, 0.1) is 0 Å². The predicted molar refractivity (Wildman–Crippen MR) is 71.5 cm³/mol. The monoisotopic (exact) mass is 250 g/mol. The summed E-state index contributed by atoms with van der Waals surface area (Å²) in [5.41, 5.74) is 0. The van der Waals surface area contributed by atoms with Gasteiger partial charge >= 0.3 is 0 Å². The summed E-state index contributed by atoms with van der Waals surface area (Å²) in [5, 5.41) is 0. The minimum atomic E-state index is -1.38. The maximum atomic E-state index is 6.12. The van der Waals surface area contributed by atoms with Crippen LogP contribution in [0, 0.1) is 0 Å². The Bertz CT molecular complexity index is 169. The van der Waals surface area contributed by atoms with Crippen LogP contribution in [-0.4, -0.2) is 32.8 Å². The molecule has 0 aromatic carbocycles. The van der Waals surface area contributed by atoms with Gasteiger partial charge in [-0.1, -0.05) is 0 Å². The maximum Gasteiger partial charge on any atom is 0.186 e.